The Morgan fingerprint density at radius 2 is 1.59 bits per heavy atom. The van der Waals surface area contributed by atoms with Gasteiger partial charge in [0.15, 0.2) is 0 Å². The second-order valence-corrected chi connectivity index (χ2v) is 7.12. The Balaban J connectivity index is 1.62. The van der Waals surface area contributed by atoms with Gasteiger partial charge in [0.25, 0.3) is 0 Å². The molecule has 2 heteroatoms. The lowest BCUT2D eigenvalue weighted by Gasteiger charge is -2.09. The van der Waals surface area contributed by atoms with E-state index in [0.717, 1.165) is 18.4 Å². The number of allylic oxidation sites excluding steroid dienone is 2. The Kier molecular flexibility index (Phi) is 7.52. The van der Waals surface area contributed by atoms with Gasteiger partial charge in [-0.05, 0) is 48.1 Å². The number of benzene rings is 3. The molecule has 0 fully saturated rings. The van der Waals surface area contributed by atoms with E-state index < -0.39 is 6.17 Å². The van der Waals surface area contributed by atoms with E-state index in [4.69, 9.17) is 0 Å². The Morgan fingerprint density at radius 3 is 2.28 bits per heavy atom. The van der Waals surface area contributed by atoms with Crippen LogP contribution in [0, 0.1) is 5.82 Å². The van der Waals surface area contributed by atoms with E-state index >= 15 is 0 Å². The Bertz CT molecular complexity index is 954. The van der Waals surface area contributed by atoms with Gasteiger partial charge in [-0.3, -0.25) is 0 Å². The second-order valence-electron chi connectivity index (χ2n) is 7.12. The molecule has 0 unspecified atom stereocenters. The summed E-state index contributed by atoms with van der Waals surface area (Å²) in [6, 6.07) is 22.2. The SMILES string of the molecule is CC=CCCc1ccc(C=Cc2ccc(C[C@@H](F)c3ccccc3)cc2F)cc1. The number of hydrogen-bond donors (Lipinski definition) is 0. The molecule has 29 heavy (non-hydrogen) atoms. The monoisotopic (exact) mass is 388 g/mol. The molecule has 3 rings (SSSR count). The van der Waals surface area contributed by atoms with Crippen LogP contribution in [-0.2, 0) is 12.8 Å². The van der Waals surface area contributed by atoms with Crippen molar-refractivity contribution in [1.82, 2.24) is 0 Å². The summed E-state index contributed by atoms with van der Waals surface area (Å²) in [5.41, 5.74) is 4.08. The van der Waals surface area contributed by atoms with Crippen LogP contribution in [0.5, 0.6) is 0 Å². The lowest BCUT2D eigenvalue weighted by Crippen LogP contribution is -1.98. The summed E-state index contributed by atoms with van der Waals surface area (Å²) >= 11 is 0. The smallest absolute Gasteiger partial charge is 0.130 e. The Hall–Kier alpha value is -3.00. The molecule has 0 spiro atoms. The fraction of sp³-hybridized carbons (Fsp3) is 0.185. The van der Waals surface area contributed by atoms with E-state index in [9.17, 15) is 8.78 Å². The van der Waals surface area contributed by atoms with Crippen LogP contribution in [0.2, 0.25) is 0 Å². The average Bonchev–Trinajstić information content (AvgIpc) is 2.75. The number of rotatable bonds is 8. The van der Waals surface area contributed by atoms with Gasteiger partial charge in [0.05, 0.1) is 0 Å². The zero-order chi connectivity index (χ0) is 20.5. The highest BCUT2D eigenvalue weighted by Crippen LogP contribution is 2.24. The highest BCUT2D eigenvalue weighted by Gasteiger charge is 2.11. The predicted octanol–water partition coefficient (Wildman–Crippen LogP) is 7.76. The van der Waals surface area contributed by atoms with Gasteiger partial charge in [-0.25, -0.2) is 8.78 Å². The molecule has 0 aliphatic heterocycles. The molecule has 3 aromatic carbocycles. The van der Waals surface area contributed by atoms with Crippen LogP contribution in [0.3, 0.4) is 0 Å². The third kappa shape index (κ3) is 6.25. The molecule has 0 aliphatic carbocycles. The van der Waals surface area contributed by atoms with E-state index in [1.54, 1.807) is 30.3 Å². The fourth-order valence-electron chi connectivity index (χ4n) is 3.22. The molecule has 1 atom stereocenters. The quantitative estimate of drug-likeness (QED) is 0.273. The molecule has 0 nitrogen and oxygen atoms in total. The summed E-state index contributed by atoms with van der Waals surface area (Å²) in [4.78, 5) is 0. The first-order valence-corrected chi connectivity index (χ1v) is 10.0. The summed E-state index contributed by atoms with van der Waals surface area (Å²) in [5.74, 6) is -0.331. The third-order valence-electron chi connectivity index (χ3n) is 4.91. The van der Waals surface area contributed by atoms with Gasteiger partial charge in [0, 0.05) is 12.0 Å². The van der Waals surface area contributed by atoms with Gasteiger partial charge in [0.2, 0.25) is 0 Å². The highest BCUT2D eigenvalue weighted by molar-refractivity contribution is 5.70. The molecular weight excluding hydrogens is 362 g/mol. The predicted molar refractivity (Wildman–Crippen MR) is 119 cm³/mol. The lowest BCUT2D eigenvalue weighted by atomic mass is 10.0. The maximum Gasteiger partial charge on any atom is 0.130 e. The van der Waals surface area contributed by atoms with Crippen LogP contribution in [0.1, 0.15) is 47.3 Å². The van der Waals surface area contributed by atoms with E-state index in [1.165, 1.54) is 11.6 Å². The molecule has 0 saturated carbocycles. The Labute approximate surface area is 172 Å². The molecule has 148 valence electrons. The molecule has 0 amide bonds. The molecule has 3 aromatic rings. The van der Waals surface area contributed by atoms with Crippen molar-refractivity contribution in [2.24, 2.45) is 0 Å². The largest absolute Gasteiger partial charge is 0.242 e. The van der Waals surface area contributed by atoms with E-state index in [0.29, 0.717) is 16.7 Å². The van der Waals surface area contributed by atoms with Crippen molar-refractivity contribution in [1.29, 1.82) is 0 Å². The minimum absolute atomic E-state index is 0.166. The third-order valence-corrected chi connectivity index (χ3v) is 4.91. The molecule has 0 saturated heterocycles. The summed E-state index contributed by atoms with van der Waals surface area (Å²) in [6.45, 7) is 2.03. The first-order chi connectivity index (χ1) is 14.2. The van der Waals surface area contributed by atoms with Gasteiger partial charge < -0.3 is 0 Å². The first-order valence-electron chi connectivity index (χ1n) is 10.0. The van der Waals surface area contributed by atoms with Crippen LogP contribution in [0.25, 0.3) is 12.2 Å². The molecular formula is C27H26F2. The average molecular weight is 389 g/mol. The zero-order valence-electron chi connectivity index (χ0n) is 16.7. The topological polar surface area (TPSA) is 0 Å². The number of alkyl halides is 1. The van der Waals surface area contributed by atoms with Crippen molar-refractivity contribution in [2.75, 3.05) is 0 Å². The maximum atomic E-state index is 14.5. The van der Waals surface area contributed by atoms with Gasteiger partial charge >= 0.3 is 0 Å². The molecule has 0 radical (unpaired) electrons. The van der Waals surface area contributed by atoms with Crippen molar-refractivity contribution >= 4 is 12.2 Å². The lowest BCUT2D eigenvalue weighted by molar-refractivity contribution is 0.342. The van der Waals surface area contributed by atoms with E-state index in [1.807, 2.05) is 43.3 Å². The summed E-state index contributed by atoms with van der Waals surface area (Å²) < 4.78 is 28.9. The van der Waals surface area contributed by atoms with Crippen LogP contribution in [0.4, 0.5) is 8.78 Å². The molecule has 0 aromatic heterocycles. The molecule has 0 aliphatic rings. The number of aryl methyl sites for hydroxylation is 1. The van der Waals surface area contributed by atoms with E-state index in [-0.39, 0.29) is 12.2 Å². The normalized spacial score (nSPS) is 12.7. The molecule has 0 heterocycles. The fourth-order valence-corrected chi connectivity index (χ4v) is 3.22. The van der Waals surface area contributed by atoms with Gasteiger partial charge in [-0.15, -0.1) is 0 Å². The molecule has 0 N–H and O–H groups in total. The van der Waals surface area contributed by atoms with Crippen molar-refractivity contribution in [2.45, 2.75) is 32.4 Å². The summed E-state index contributed by atoms with van der Waals surface area (Å²) in [5, 5.41) is 0. The number of halogens is 2. The van der Waals surface area contributed by atoms with Crippen LogP contribution < -0.4 is 0 Å². The van der Waals surface area contributed by atoms with Gasteiger partial charge in [-0.2, -0.15) is 0 Å². The van der Waals surface area contributed by atoms with Gasteiger partial charge in [-0.1, -0.05) is 91.0 Å². The van der Waals surface area contributed by atoms with E-state index in [2.05, 4.69) is 24.3 Å². The minimum atomic E-state index is -1.14. The summed E-state index contributed by atoms with van der Waals surface area (Å²) in [6.07, 6.45) is 8.96. The van der Waals surface area contributed by atoms with Crippen molar-refractivity contribution < 1.29 is 8.78 Å². The standard InChI is InChI=1S/C27H26F2/c1-2-3-5-8-21-11-13-22(14-12-21)15-17-25-18-16-23(20-27(25)29)19-26(28)24-9-6-4-7-10-24/h2-4,6-7,9-18,20,26H,5,8,19H2,1H3/t26-/m1/s1. The van der Waals surface area contributed by atoms with Crippen molar-refractivity contribution in [3.05, 3.63) is 119 Å². The number of hydrogen-bond acceptors (Lipinski definition) is 0. The first kappa shape index (κ1) is 20.7. The van der Waals surface area contributed by atoms with Crippen LogP contribution >= 0.6 is 0 Å². The van der Waals surface area contributed by atoms with Gasteiger partial charge in [0.1, 0.15) is 12.0 Å². The summed E-state index contributed by atoms with van der Waals surface area (Å²) in [7, 11) is 0. The highest BCUT2D eigenvalue weighted by atomic mass is 19.1. The minimum Gasteiger partial charge on any atom is -0.242 e. The maximum absolute atomic E-state index is 14.5. The Morgan fingerprint density at radius 1 is 0.862 bits per heavy atom. The van der Waals surface area contributed by atoms with Crippen molar-refractivity contribution in [3.63, 3.8) is 0 Å². The second kappa shape index (κ2) is 10.5. The van der Waals surface area contributed by atoms with Crippen molar-refractivity contribution in [3.8, 4) is 0 Å². The zero-order valence-corrected chi connectivity index (χ0v) is 16.7. The molecule has 0 bridgehead atoms. The van der Waals surface area contributed by atoms with Crippen LogP contribution in [0.15, 0.2) is 84.9 Å². The van der Waals surface area contributed by atoms with Crippen LogP contribution in [-0.4, -0.2) is 0 Å².